The molecule has 1 aromatic carbocycles. The first-order valence-electron chi connectivity index (χ1n) is 15.0. The van der Waals surface area contributed by atoms with Crippen molar-refractivity contribution in [2.75, 3.05) is 0 Å². The zero-order valence-electron chi connectivity index (χ0n) is 22.3. The third-order valence-corrected chi connectivity index (χ3v) is 11.6. The van der Waals surface area contributed by atoms with Gasteiger partial charge in [-0.25, -0.2) is 4.98 Å². The molecule has 2 unspecified atom stereocenters. The second kappa shape index (κ2) is 8.38. The predicted molar refractivity (Wildman–Crippen MR) is 149 cm³/mol. The Labute approximate surface area is 223 Å². The number of aromatic nitrogens is 3. The Morgan fingerprint density at radius 3 is 2.47 bits per heavy atom. The van der Waals surface area contributed by atoms with Crippen molar-refractivity contribution >= 4 is 11.0 Å². The molecule has 0 radical (unpaired) electrons. The maximum absolute atomic E-state index is 14.1. The number of aromatic amines is 1. The summed E-state index contributed by atoms with van der Waals surface area (Å²) in [5, 5.41) is 0. The Kier molecular flexibility index (Phi) is 5.11. The van der Waals surface area contributed by atoms with Gasteiger partial charge in [0.2, 0.25) is 0 Å². The Bertz CT molecular complexity index is 1510. The van der Waals surface area contributed by atoms with E-state index in [2.05, 4.69) is 16.8 Å². The standard InChI is InChI=1S/C32H38N4O2/c1-32-18-19-12-20(32)14-21(32)15-24(13-19)35-22-6-4-7-23(35)17-25(16-22)36-28-10-3-2-9-27(28)34-29(31(36)38)26-8-5-11-33-30(26)37/h2-3,5,8-11,19-25H,4,6-7,12-18H2,1H3,(H,33,37)/t19-,20+,21+,22-,23+,24-,25?,32?/m1/s1. The number of benzene rings is 1. The normalized spacial score (nSPS) is 38.1. The molecule has 38 heavy (non-hydrogen) atoms. The number of nitrogens with zero attached hydrogens (tertiary/aromatic N) is 3. The van der Waals surface area contributed by atoms with Crippen LogP contribution in [0.25, 0.3) is 22.3 Å². The minimum Gasteiger partial charge on any atom is -0.329 e. The highest BCUT2D eigenvalue weighted by Crippen LogP contribution is 2.67. The number of nitrogens with one attached hydrogen (secondary N) is 1. The van der Waals surface area contributed by atoms with Crippen molar-refractivity contribution in [2.45, 2.75) is 95.3 Å². The summed E-state index contributed by atoms with van der Waals surface area (Å²) < 4.78 is 2.01. The van der Waals surface area contributed by atoms with Gasteiger partial charge in [0.15, 0.2) is 0 Å². The molecular weight excluding hydrogens is 472 g/mol. The van der Waals surface area contributed by atoms with Crippen molar-refractivity contribution in [3.63, 3.8) is 0 Å². The Hall–Kier alpha value is -2.73. The molecule has 0 amide bonds. The van der Waals surface area contributed by atoms with Crippen LogP contribution in [-0.4, -0.2) is 37.6 Å². The van der Waals surface area contributed by atoms with Crippen molar-refractivity contribution in [1.82, 2.24) is 19.4 Å². The number of pyridine rings is 1. The Morgan fingerprint density at radius 2 is 1.66 bits per heavy atom. The lowest BCUT2D eigenvalue weighted by Crippen LogP contribution is -2.58. The maximum atomic E-state index is 14.1. The zero-order chi connectivity index (χ0) is 25.6. The van der Waals surface area contributed by atoms with E-state index in [1.54, 1.807) is 18.3 Å². The lowest BCUT2D eigenvalue weighted by atomic mass is 9.54. The molecule has 2 aromatic heterocycles. The molecule has 3 aliphatic carbocycles. The van der Waals surface area contributed by atoms with Gasteiger partial charge in [-0.15, -0.1) is 0 Å². The highest BCUT2D eigenvalue weighted by Gasteiger charge is 2.60. The van der Waals surface area contributed by atoms with E-state index in [0.717, 1.165) is 41.6 Å². The molecule has 5 aliphatic rings. The van der Waals surface area contributed by atoms with E-state index in [9.17, 15) is 9.59 Å². The number of rotatable bonds is 3. The van der Waals surface area contributed by atoms with E-state index < -0.39 is 0 Å². The van der Waals surface area contributed by atoms with Crippen LogP contribution in [-0.2, 0) is 0 Å². The van der Waals surface area contributed by atoms with Crippen molar-refractivity contribution in [2.24, 2.45) is 23.2 Å². The van der Waals surface area contributed by atoms with Gasteiger partial charge in [-0.3, -0.25) is 14.5 Å². The molecule has 3 aromatic rings. The Morgan fingerprint density at radius 1 is 0.868 bits per heavy atom. The largest absolute Gasteiger partial charge is 0.329 e. The molecule has 4 heterocycles. The van der Waals surface area contributed by atoms with Crippen molar-refractivity contribution < 1.29 is 0 Å². The van der Waals surface area contributed by atoms with Gasteiger partial charge in [0.1, 0.15) is 5.69 Å². The monoisotopic (exact) mass is 510 g/mol. The molecular formula is C32H38N4O2. The van der Waals surface area contributed by atoms with Crippen LogP contribution in [0.2, 0.25) is 0 Å². The van der Waals surface area contributed by atoms with Crippen molar-refractivity contribution in [3.8, 4) is 11.3 Å². The number of H-pyrrole nitrogens is 1. The average molecular weight is 511 g/mol. The van der Waals surface area contributed by atoms with Gasteiger partial charge >= 0.3 is 0 Å². The fourth-order valence-electron chi connectivity index (χ4n) is 9.96. The van der Waals surface area contributed by atoms with Gasteiger partial charge in [-0.05, 0) is 105 Å². The predicted octanol–water partition coefficient (Wildman–Crippen LogP) is 5.52. The number of piperidine rings is 2. The first-order chi connectivity index (χ1) is 18.5. The molecule has 1 N–H and O–H groups in total. The van der Waals surface area contributed by atoms with Crippen LogP contribution in [0, 0.1) is 23.2 Å². The summed E-state index contributed by atoms with van der Waals surface area (Å²) in [6, 6.07) is 13.4. The van der Waals surface area contributed by atoms with Gasteiger partial charge in [0, 0.05) is 30.4 Å². The summed E-state index contributed by atoms with van der Waals surface area (Å²) in [6.07, 6.45) is 14.6. The smallest absolute Gasteiger partial charge is 0.278 e. The van der Waals surface area contributed by atoms with Crippen LogP contribution in [0.1, 0.15) is 77.2 Å². The van der Waals surface area contributed by atoms with Crippen LogP contribution in [0.3, 0.4) is 0 Å². The molecule has 8 rings (SSSR count). The highest BCUT2D eigenvalue weighted by atomic mass is 16.1. The topological polar surface area (TPSA) is 71.0 Å². The molecule has 4 bridgehead atoms. The minimum atomic E-state index is -0.264. The lowest BCUT2D eigenvalue weighted by molar-refractivity contribution is -0.0661. The number of para-hydroxylation sites is 2. The minimum absolute atomic E-state index is 0.128. The molecule has 2 saturated heterocycles. The zero-order valence-corrected chi connectivity index (χ0v) is 22.3. The van der Waals surface area contributed by atoms with Crippen molar-refractivity contribution in [1.29, 1.82) is 0 Å². The van der Waals surface area contributed by atoms with E-state index >= 15 is 0 Å². The summed E-state index contributed by atoms with van der Waals surface area (Å²) in [6.45, 7) is 2.59. The molecule has 6 heteroatoms. The van der Waals surface area contributed by atoms with Gasteiger partial charge < -0.3 is 9.55 Å². The second-order valence-electron chi connectivity index (χ2n) is 13.4. The molecule has 0 spiro atoms. The number of fused-ring (bicyclic) bond motifs is 4. The van der Waals surface area contributed by atoms with E-state index in [-0.39, 0.29) is 22.9 Å². The fourth-order valence-corrected chi connectivity index (χ4v) is 9.96. The van der Waals surface area contributed by atoms with Crippen LogP contribution in [0.5, 0.6) is 0 Å². The lowest BCUT2D eigenvalue weighted by Gasteiger charge is -2.56. The molecule has 6 nitrogen and oxygen atoms in total. The Balaban J connectivity index is 1.17. The molecule has 5 fully saturated rings. The number of hydrogen-bond acceptors (Lipinski definition) is 4. The summed E-state index contributed by atoms with van der Waals surface area (Å²) in [7, 11) is 0. The third kappa shape index (κ3) is 3.31. The number of hydrogen-bond donors (Lipinski definition) is 1. The summed E-state index contributed by atoms with van der Waals surface area (Å²) in [5.74, 6) is 2.84. The molecule has 8 atom stereocenters. The highest BCUT2D eigenvalue weighted by molar-refractivity contribution is 5.77. The van der Waals surface area contributed by atoms with Gasteiger partial charge in [0.05, 0.1) is 16.6 Å². The van der Waals surface area contributed by atoms with E-state index in [1.165, 1.54) is 51.4 Å². The summed E-state index contributed by atoms with van der Waals surface area (Å²) >= 11 is 0. The summed E-state index contributed by atoms with van der Waals surface area (Å²) in [4.78, 5) is 37.1. The molecule has 3 saturated carbocycles. The first kappa shape index (κ1) is 23.2. The summed E-state index contributed by atoms with van der Waals surface area (Å²) in [5.41, 5.74) is 2.54. The van der Waals surface area contributed by atoms with Crippen LogP contribution >= 0.6 is 0 Å². The maximum Gasteiger partial charge on any atom is 0.278 e. The van der Waals surface area contributed by atoms with E-state index in [4.69, 9.17) is 4.98 Å². The second-order valence-corrected chi connectivity index (χ2v) is 13.4. The fraction of sp³-hybridized carbons (Fsp3) is 0.594. The van der Waals surface area contributed by atoms with Crippen molar-refractivity contribution in [3.05, 3.63) is 63.3 Å². The van der Waals surface area contributed by atoms with E-state index in [1.807, 2.05) is 28.8 Å². The van der Waals surface area contributed by atoms with Crippen LogP contribution < -0.4 is 11.1 Å². The van der Waals surface area contributed by atoms with Crippen LogP contribution in [0.4, 0.5) is 0 Å². The first-order valence-corrected chi connectivity index (χ1v) is 15.0. The molecule has 198 valence electrons. The molecule has 2 aliphatic heterocycles. The van der Waals surface area contributed by atoms with E-state index in [0.29, 0.717) is 29.1 Å². The third-order valence-electron chi connectivity index (χ3n) is 11.6. The van der Waals surface area contributed by atoms with Gasteiger partial charge in [-0.2, -0.15) is 0 Å². The van der Waals surface area contributed by atoms with Crippen LogP contribution in [0.15, 0.2) is 52.2 Å². The van der Waals surface area contributed by atoms with Gasteiger partial charge in [-0.1, -0.05) is 25.5 Å². The van der Waals surface area contributed by atoms with Gasteiger partial charge in [0.25, 0.3) is 11.1 Å². The SMILES string of the molecule is CC12C[C@H]3C[C@@H](N4[C@@H]5CCC[C@H]4CC(n4c(=O)c(-c6ccc[nH]c6=O)nc6ccccc64)C5)C[C@@H]1C[C@@H]2C3. The quantitative estimate of drug-likeness (QED) is 0.503. The average Bonchev–Trinajstić information content (AvgIpc) is 3.08.